The first-order valence-corrected chi connectivity index (χ1v) is 9.70. The van der Waals surface area contributed by atoms with E-state index in [9.17, 15) is 13.2 Å². The number of hydrogen-bond donors (Lipinski definition) is 0. The van der Waals surface area contributed by atoms with Crippen LogP contribution in [0.3, 0.4) is 0 Å². The molecule has 0 aliphatic rings. The molecule has 0 unspecified atom stereocenters. The molecule has 1 aromatic rings. The molecule has 0 aromatic heterocycles. The summed E-state index contributed by atoms with van der Waals surface area (Å²) >= 11 is 0. The zero-order valence-corrected chi connectivity index (χ0v) is 14.6. The minimum absolute atomic E-state index is 0.0223. The van der Waals surface area contributed by atoms with Crippen LogP contribution in [0.15, 0.2) is 12.1 Å². The second-order valence-electron chi connectivity index (χ2n) is 6.79. The molecule has 0 atom stereocenters. The fourth-order valence-electron chi connectivity index (χ4n) is 1.54. The van der Waals surface area contributed by atoms with E-state index in [1.54, 1.807) is 19.9 Å². The van der Waals surface area contributed by atoms with Crippen molar-refractivity contribution in [2.45, 2.75) is 59.1 Å². The molecule has 0 aliphatic heterocycles. The number of ether oxygens (including phenoxy) is 1. The third-order valence-corrected chi connectivity index (χ3v) is 8.21. The van der Waals surface area contributed by atoms with Crippen molar-refractivity contribution in [2.24, 2.45) is 0 Å². The Bertz CT molecular complexity index is 517. The number of benzene rings is 1. The Balaban J connectivity index is 3.11. The maximum atomic E-state index is 12.3. The molecule has 0 saturated heterocycles. The first-order chi connectivity index (χ1) is 9.23. The third kappa shape index (κ3) is 4.66. The van der Waals surface area contributed by atoms with Gasteiger partial charge in [0.2, 0.25) is 8.32 Å². The van der Waals surface area contributed by atoms with Crippen LogP contribution in [0.25, 0.3) is 0 Å². The van der Waals surface area contributed by atoms with Crippen molar-refractivity contribution in [3.8, 4) is 11.5 Å². The van der Waals surface area contributed by atoms with E-state index in [1.807, 2.05) is 0 Å². The Morgan fingerprint density at radius 2 is 1.33 bits per heavy atom. The number of rotatable bonds is 3. The number of halogens is 3. The van der Waals surface area contributed by atoms with Crippen molar-refractivity contribution in [1.82, 2.24) is 0 Å². The van der Waals surface area contributed by atoms with Gasteiger partial charge in [0.15, 0.2) is 0 Å². The minimum Gasteiger partial charge on any atom is -0.543 e. The lowest BCUT2D eigenvalue weighted by molar-refractivity contribution is -0.274. The van der Waals surface area contributed by atoms with Crippen LogP contribution < -0.4 is 9.16 Å². The lowest BCUT2D eigenvalue weighted by atomic mass is 10.1. The number of hydrogen-bond acceptors (Lipinski definition) is 2. The standard InChI is InChI=1S/C15H23F3O2Si/c1-10-9-13(20-21(6,7)14(3,4)5)11(2)8-12(10)19-15(16,17)18/h8-9H,1-7H3. The van der Waals surface area contributed by atoms with Gasteiger partial charge in [-0.3, -0.25) is 0 Å². The van der Waals surface area contributed by atoms with Crippen LogP contribution in [0.4, 0.5) is 13.2 Å². The Morgan fingerprint density at radius 1 is 0.905 bits per heavy atom. The summed E-state index contributed by atoms with van der Waals surface area (Å²) in [5.41, 5.74) is 1.05. The average Bonchev–Trinajstić information content (AvgIpc) is 2.21. The maximum absolute atomic E-state index is 12.3. The lowest BCUT2D eigenvalue weighted by Gasteiger charge is -2.37. The minimum atomic E-state index is -4.68. The molecule has 0 saturated carbocycles. The summed E-state index contributed by atoms with van der Waals surface area (Å²) in [7, 11) is -2.03. The fourth-order valence-corrected chi connectivity index (χ4v) is 2.61. The van der Waals surface area contributed by atoms with E-state index in [0.29, 0.717) is 16.9 Å². The van der Waals surface area contributed by atoms with Gasteiger partial charge >= 0.3 is 6.36 Å². The van der Waals surface area contributed by atoms with Crippen molar-refractivity contribution in [3.05, 3.63) is 23.3 Å². The van der Waals surface area contributed by atoms with Gasteiger partial charge in [0, 0.05) is 0 Å². The van der Waals surface area contributed by atoms with E-state index in [-0.39, 0.29) is 10.8 Å². The molecule has 120 valence electrons. The quantitative estimate of drug-likeness (QED) is 0.676. The number of aryl methyl sites for hydroxylation is 2. The molecule has 0 radical (unpaired) electrons. The molecule has 0 heterocycles. The zero-order chi connectivity index (χ0) is 16.6. The number of alkyl halides is 3. The second kappa shape index (κ2) is 5.55. The Morgan fingerprint density at radius 3 is 1.76 bits per heavy atom. The summed E-state index contributed by atoms with van der Waals surface area (Å²) in [6.07, 6.45) is -4.68. The van der Waals surface area contributed by atoms with Gasteiger partial charge < -0.3 is 9.16 Å². The normalized spacial score (nSPS) is 13.2. The van der Waals surface area contributed by atoms with Gasteiger partial charge in [-0.2, -0.15) is 0 Å². The maximum Gasteiger partial charge on any atom is 0.573 e. The van der Waals surface area contributed by atoms with Crippen molar-refractivity contribution >= 4 is 8.32 Å². The fraction of sp³-hybridized carbons (Fsp3) is 0.600. The average molecular weight is 320 g/mol. The summed E-state index contributed by atoms with van der Waals surface area (Å²) in [6, 6.07) is 3.00. The summed E-state index contributed by atoms with van der Waals surface area (Å²) in [5, 5.41) is 0.0223. The Hall–Kier alpha value is -1.17. The Kier molecular flexibility index (Phi) is 4.73. The largest absolute Gasteiger partial charge is 0.573 e. The molecule has 1 rings (SSSR count). The monoisotopic (exact) mass is 320 g/mol. The molecule has 21 heavy (non-hydrogen) atoms. The topological polar surface area (TPSA) is 18.5 Å². The predicted octanol–water partition coefficient (Wildman–Crippen LogP) is 5.59. The highest BCUT2D eigenvalue weighted by Gasteiger charge is 2.39. The van der Waals surface area contributed by atoms with Crippen LogP contribution in [0.2, 0.25) is 18.1 Å². The van der Waals surface area contributed by atoms with E-state index < -0.39 is 14.7 Å². The summed E-state index contributed by atoms with van der Waals surface area (Å²) < 4.78 is 47.2. The molecule has 0 fully saturated rings. The first-order valence-electron chi connectivity index (χ1n) is 6.79. The van der Waals surface area contributed by atoms with Gasteiger partial charge in [-0.05, 0) is 55.2 Å². The van der Waals surface area contributed by atoms with Crippen molar-refractivity contribution in [1.29, 1.82) is 0 Å². The highest BCUT2D eigenvalue weighted by atomic mass is 28.4. The van der Waals surface area contributed by atoms with E-state index in [1.165, 1.54) is 6.07 Å². The van der Waals surface area contributed by atoms with Gasteiger partial charge in [-0.1, -0.05) is 20.8 Å². The third-order valence-electron chi connectivity index (χ3n) is 3.87. The van der Waals surface area contributed by atoms with Gasteiger partial charge in [0.05, 0.1) is 0 Å². The first kappa shape index (κ1) is 17.9. The van der Waals surface area contributed by atoms with Gasteiger partial charge in [0.25, 0.3) is 0 Å². The molecular weight excluding hydrogens is 297 g/mol. The van der Waals surface area contributed by atoms with E-state index in [0.717, 1.165) is 0 Å². The van der Waals surface area contributed by atoms with Crippen molar-refractivity contribution in [3.63, 3.8) is 0 Å². The van der Waals surface area contributed by atoms with E-state index in [4.69, 9.17) is 4.43 Å². The smallest absolute Gasteiger partial charge is 0.543 e. The molecule has 2 nitrogen and oxygen atoms in total. The molecule has 0 bridgehead atoms. The van der Waals surface area contributed by atoms with Gasteiger partial charge in [0.1, 0.15) is 11.5 Å². The van der Waals surface area contributed by atoms with Gasteiger partial charge in [-0.15, -0.1) is 13.2 Å². The van der Waals surface area contributed by atoms with Crippen LogP contribution in [0.5, 0.6) is 11.5 Å². The van der Waals surface area contributed by atoms with Crippen molar-refractivity contribution < 1.29 is 22.3 Å². The van der Waals surface area contributed by atoms with Gasteiger partial charge in [-0.25, -0.2) is 0 Å². The van der Waals surface area contributed by atoms with Crippen LogP contribution in [-0.4, -0.2) is 14.7 Å². The van der Waals surface area contributed by atoms with Crippen LogP contribution in [0.1, 0.15) is 31.9 Å². The summed E-state index contributed by atoms with van der Waals surface area (Å²) in [5.74, 6) is 0.455. The predicted molar refractivity (Wildman–Crippen MR) is 80.4 cm³/mol. The van der Waals surface area contributed by atoms with Crippen molar-refractivity contribution in [2.75, 3.05) is 0 Å². The molecule has 6 heteroatoms. The zero-order valence-electron chi connectivity index (χ0n) is 13.6. The second-order valence-corrected chi connectivity index (χ2v) is 11.5. The van der Waals surface area contributed by atoms with Crippen LogP contribution >= 0.6 is 0 Å². The lowest BCUT2D eigenvalue weighted by Crippen LogP contribution is -2.44. The summed E-state index contributed by atoms with van der Waals surface area (Å²) in [6.45, 7) is 13.8. The highest BCUT2D eigenvalue weighted by Crippen LogP contribution is 2.39. The van der Waals surface area contributed by atoms with Crippen LogP contribution in [-0.2, 0) is 0 Å². The molecular formula is C15H23F3O2Si. The Labute approximate surface area is 125 Å². The molecule has 0 amide bonds. The molecule has 0 N–H and O–H groups in total. The summed E-state index contributed by atoms with van der Waals surface area (Å²) in [4.78, 5) is 0. The highest BCUT2D eigenvalue weighted by molar-refractivity contribution is 6.74. The molecule has 0 aliphatic carbocycles. The van der Waals surface area contributed by atoms with Crippen LogP contribution in [0, 0.1) is 13.8 Å². The van der Waals surface area contributed by atoms with E-state index in [2.05, 4.69) is 38.6 Å². The molecule has 1 aromatic carbocycles. The van der Waals surface area contributed by atoms with E-state index >= 15 is 0 Å². The SMILES string of the molecule is Cc1cc(O[Si](C)(C)C(C)(C)C)c(C)cc1OC(F)(F)F. The molecule has 0 spiro atoms.